The van der Waals surface area contributed by atoms with E-state index in [4.69, 9.17) is 0 Å². The molecule has 2 aromatic heterocycles. The van der Waals surface area contributed by atoms with Gasteiger partial charge in [-0.2, -0.15) is 17.7 Å². The Balaban J connectivity index is 1.84. The SMILES string of the molecule is O=[N+]([O-])c1ccc(C(O)C(CO)Nc2ccc3nnc(C(F)(F)F)n3n2)cc1. The van der Waals surface area contributed by atoms with Gasteiger partial charge in [0.05, 0.1) is 17.6 Å². The predicted octanol–water partition coefficient (Wildman–Crippen LogP) is 1.56. The van der Waals surface area contributed by atoms with Crippen LogP contribution in [0.15, 0.2) is 36.4 Å². The molecule has 0 bridgehead atoms. The molecule has 0 aliphatic heterocycles. The van der Waals surface area contributed by atoms with Crippen LogP contribution in [0.25, 0.3) is 5.65 Å². The number of aliphatic hydroxyl groups excluding tert-OH is 2. The van der Waals surface area contributed by atoms with Crippen LogP contribution in [0.5, 0.6) is 0 Å². The monoisotopic (exact) mass is 398 g/mol. The molecule has 0 amide bonds. The Kier molecular flexibility index (Phi) is 5.11. The fourth-order valence-electron chi connectivity index (χ4n) is 2.48. The van der Waals surface area contributed by atoms with Crippen LogP contribution >= 0.6 is 0 Å². The fourth-order valence-corrected chi connectivity index (χ4v) is 2.48. The highest BCUT2D eigenvalue weighted by molar-refractivity contribution is 5.45. The Labute approximate surface area is 154 Å². The maximum absolute atomic E-state index is 12.9. The number of nitro benzene ring substituents is 1. The number of aromatic nitrogens is 4. The first-order valence-corrected chi connectivity index (χ1v) is 7.80. The van der Waals surface area contributed by atoms with Gasteiger partial charge in [-0.3, -0.25) is 10.1 Å². The molecule has 10 nitrogen and oxygen atoms in total. The second-order valence-electron chi connectivity index (χ2n) is 5.74. The Morgan fingerprint density at radius 2 is 1.86 bits per heavy atom. The topological polar surface area (TPSA) is 139 Å². The third-order valence-corrected chi connectivity index (χ3v) is 3.87. The van der Waals surface area contributed by atoms with Gasteiger partial charge in [-0.25, -0.2) is 0 Å². The van der Waals surface area contributed by atoms with Crippen LogP contribution in [0.4, 0.5) is 24.7 Å². The van der Waals surface area contributed by atoms with Crippen molar-refractivity contribution < 1.29 is 28.3 Å². The van der Waals surface area contributed by atoms with Gasteiger partial charge in [0.25, 0.3) is 11.5 Å². The molecule has 148 valence electrons. The number of nitrogens with zero attached hydrogens (tertiary/aromatic N) is 5. The molecule has 2 atom stereocenters. The Morgan fingerprint density at radius 1 is 1.18 bits per heavy atom. The van der Waals surface area contributed by atoms with Gasteiger partial charge in [-0.15, -0.1) is 15.3 Å². The van der Waals surface area contributed by atoms with Crippen molar-refractivity contribution in [3.8, 4) is 0 Å². The molecule has 0 fully saturated rings. The van der Waals surface area contributed by atoms with Crippen LogP contribution in [-0.2, 0) is 6.18 Å². The first-order chi connectivity index (χ1) is 13.2. The molecular weight excluding hydrogens is 385 g/mol. The van der Waals surface area contributed by atoms with Crippen molar-refractivity contribution >= 4 is 17.2 Å². The van der Waals surface area contributed by atoms with Crippen molar-refractivity contribution in [3.05, 3.63) is 57.9 Å². The number of hydrogen-bond acceptors (Lipinski definition) is 8. The number of non-ortho nitro benzene ring substituents is 1. The van der Waals surface area contributed by atoms with Gasteiger partial charge < -0.3 is 15.5 Å². The third-order valence-electron chi connectivity index (χ3n) is 3.87. The number of benzene rings is 1. The normalized spacial score (nSPS) is 14.0. The molecule has 3 aromatic rings. The average Bonchev–Trinajstić information content (AvgIpc) is 3.09. The summed E-state index contributed by atoms with van der Waals surface area (Å²) in [4.78, 5) is 10.1. The number of hydrogen-bond donors (Lipinski definition) is 3. The predicted molar refractivity (Wildman–Crippen MR) is 88.3 cm³/mol. The van der Waals surface area contributed by atoms with Crippen molar-refractivity contribution in [2.45, 2.75) is 18.3 Å². The molecule has 0 aliphatic carbocycles. The molecular formula is C15H13F3N6O4. The Bertz CT molecular complexity index is 992. The van der Waals surface area contributed by atoms with E-state index in [1.54, 1.807) is 0 Å². The van der Waals surface area contributed by atoms with Crippen LogP contribution in [-0.4, -0.2) is 47.6 Å². The Hall–Kier alpha value is -3.32. The van der Waals surface area contributed by atoms with Gasteiger partial charge in [0.1, 0.15) is 11.9 Å². The highest BCUT2D eigenvalue weighted by Gasteiger charge is 2.37. The van der Waals surface area contributed by atoms with Crippen LogP contribution in [0.1, 0.15) is 17.5 Å². The van der Waals surface area contributed by atoms with Gasteiger partial charge in [0, 0.05) is 12.1 Å². The molecule has 3 N–H and O–H groups in total. The molecule has 0 spiro atoms. The third kappa shape index (κ3) is 3.84. The number of aliphatic hydroxyl groups is 2. The van der Waals surface area contributed by atoms with Crippen molar-refractivity contribution in [2.24, 2.45) is 0 Å². The van der Waals surface area contributed by atoms with Crippen molar-refractivity contribution in [1.82, 2.24) is 19.8 Å². The number of nitro groups is 1. The number of nitrogens with one attached hydrogen (secondary N) is 1. The molecule has 0 saturated heterocycles. The molecule has 0 aliphatic rings. The first-order valence-electron chi connectivity index (χ1n) is 7.80. The summed E-state index contributed by atoms with van der Waals surface area (Å²) in [6, 6.07) is 6.50. The lowest BCUT2D eigenvalue weighted by Gasteiger charge is -2.23. The summed E-state index contributed by atoms with van der Waals surface area (Å²) < 4.78 is 39.3. The summed E-state index contributed by atoms with van der Waals surface area (Å²) in [5.74, 6) is -1.39. The summed E-state index contributed by atoms with van der Waals surface area (Å²) in [5.41, 5.74) is -0.0447. The summed E-state index contributed by atoms with van der Waals surface area (Å²) in [7, 11) is 0. The van der Waals surface area contributed by atoms with E-state index < -0.39 is 35.7 Å². The standard InChI is InChI=1S/C15H13F3N6O4/c16-15(17,18)14-21-20-12-6-5-11(22-23(12)14)19-10(7-25)13(26)8-1-3-9(4-2-8)24(27)28/h1-6,10,13,25-26H,7H2,(H,19,22). The number of anilines is 1. The van der Waals surface area contributed by atoms with Crippen LogP contribution in [0, 0.1) is 10.1 Å². The largest absolute Gasteiger partial charge is 0.453 e. The minimum absolute atomic E-state index is 0.0715. The summed E-state index contributed by atoms with van der Waals surface area (Å²) in [5, 5.41) is 43.5. The summed E-state index contributed by atoms with van der Waals surface area (Å²) in [6.45, 7) is -0.591. The van der Waals surface area contributed by atoms with Crippen LogP contribution < -0.4 is 5.32 Å². The van der Waals surface area contributed by atoms with E-state index in [-0.39, 0.29) is 22.7 Å². The van der Waals surface area contributed by atoms with E-state index >= 15 is 0 Å². The summed E-state index contributed by atoms with van der Waals surface area (Å²) in [6.07, 6.45) is -6.08. The zero-order valence-corrected chi connectivity index (χ0v) is 13.9. The van der Waals surface area contributed by atoms with Gasteiger partial charge >= 0.3 is 6.18 Å². The van der Waals surface area contributed by atoms with E-state index in [2.05, 4.69) is 20.6 Å². The van der Waals surface area contributed by atoms with Crippen molar-refractivity contribution in [1.29, 1.82) is 0 Å². The first kappa shape index (κ1) is 19.4. The lowest BCUT2D eigenvalue weighted by atomic mass is 10.0. The van der Waals surface area contributed by atoms with Gasteiger partial charge in [-0.05, 0) is 29.8 Å². The van der Waals surface area contributed by atoms with Crippen molar-refractivity contribution in [2.75, 3.05) is 11.9 Å². The maximum atomic E-state index is 12.9. The molecule has 28 heavy (non-hydrogen) atoms. The lowest BCUT2D eigenvalue weighted by Crippen LogP contribution is -2.32. The number of rotatable bonds is 6. The summed E-state index contributed by atoms with van der Waals surface area (Å²) >= 11 is 0. The molecule has 2 heterocycles. The lowest BCUT2D eigenvalue weighted by molar-refractivity contribution is -0.384. The van der Waals surface area contributed by atoms with E-state index in [0.29, 0.717) is 4.52 Å². The fraction of sp³-hybridized carbons (Fsp3) is 0.267. The second-order valence-corrected chi connectivity index (χ2v) is 5.74. The zero-order valence-electron chi connectivity index (χ0n) is 13.9. The maximum Gasteiger partial charge on any atom is 0.453 e. The zero-order chi connectivity index (χ0) is 20.5. The molecule has 0 saturated carbocycles. The smallest absolute Gasteiger partial charge is 0.394 e. The van der Waals surface area contributed by atoms with Crippen LogP contribution in [0.2, 0.25) is 0 Å². The number of halogens is 3. The number of alkyl halides is 3. The minimum Gasteiger partial charge on any atom is -0.394 e. The molecule has 0 radical (unpaired) electrons. The molecule has 2 unspecified atom stereocenters. The molecule has 13 heteroatoms. The van der Waals surface area contributed by atoms with Gasteiger partial charge in [-0.1, -0.05) is 0 Å². The molecule has 3 rings (SSSR count). The molecule has 1 aromatic carbocycles. The van der Waals surface area contributed by atoms with E-state index in [0.717, 1.165) is 0 Å². The van der Waals surface area contributed by atoms with Gasteiger partial charge in [0.2, 0.25) is 0 Å². The van der Waals surface area contributed by atoms with Gasteiger partial charge in [0.15, 0.2) is 5.65 Å². The highest BCUT2D eigenvalue weighted by atomic mass is 19.4. The van der Waals surface area contributed by atoms with E-state index in [1.165, 1.54) is 36.4 Å². The second kappa shape index (κ2) is 7.36. The highest BCUT2D eigenvalue weighted by Crippen LogP contribution is 2.28. The van der Waals surface area contributed by atoms with E-state index in [9.17, 15) is 33.5 Å². The van der Waals surface area contributed by atoms with Crippen LogP contribution in [0.3, 0.4) is 0 Å². The average molecular weight is 398 g/mol. The quantitative estimate of drug-likeness (QED) is 0.420. The van der Waals surface area contributed by atoms with E-state index in [1.807, 2.05) is 0 Å². The number of fused-ring (bicyclic) bond motifs is 1. The Morgan fingerprint density at radius 3 is 2.43 bits per heavy atom. The minimum atomic E-state index is -4.76. The van der Waals surface area contributed by atoms with Crippen molar-refractivity contribution in [3.63, 3.8) is 0 Å².